The third kappa shape index (κ3) is 66.2. The van der Waals surface area contributed by atoms with Crippen molar-refractivity contribution in [2.24, 2.45) is 0 Å². The topological polar surface area (TPSA) is 78.9 Å². The zero-order valence-electron chi connectivity index (χ0n) is 52.8. The molecule has 0 saturated carbocycles. The van der Waals surface area contributed by atoms with E-state index in [1.807, 2.05) is 0 Å². The van der Waals surface area contributed by atoms with Gasteiger partial charge in [-0.3, -0.25) is 14.4 Å². The molecule has 81 heavy (non-hydrogen) atoms. The Kier molecular flexibility index (Phi) is 64.3. The third-order valence-electron chi connectivity index (χ3n) is 14.1. The molecule has 1 atom stereocenters. The van der Waals surface area contributed by atoms with Crippen molar-refractivity contribution in [1.82, 2.24) is 0 Å². The molecule has 0 saturated heterocycles. The number of allylic oxidation sites excluding steroid dienone is 22. The summed E-state index contributed by atoms with van der Waals surface area (Å²) >= 11 is 0. The Bertz CT molecular complexity index is 1720. The highest BCUT2D eigenvalue weighted by Gasteiger charge is 2.19. The molecule has 0 aliphatic heterocycles. The number of carbonyl (C=O) groups excluding carboxylic acids is 3. The predicted molar refractivity (Wildman–Crippen MR) is 353 cm³/mol. The zero-order chi connectivity index (χ0) is 58.5. The molecular formula is C75H124O6. The van der Waals surface area contributed by atoms with Crippen LogP contribution in [0.3, 0.4) is 0 Å². The average Bonchev–Trinajstić information content (AvgIpc) is 3.47. The molecule has 0 bridgehead atoms. The zero-order valence-corrected chi connectivity index (χ0v) is 52.8. The van der Waals surface area contributed by atoms with Gasteiger partial charge < -0.3 is 14.2 Å². The maximum Gasteiger partial charge on any atom is 0.306 e. The molecule has 0 aromatic heterocycles. The number of ether oxygens (including phenoxy) is 3. The molecule has 0 aromatic rings. The molecule has 0 rings (SSSR count). The standard InChI is InChI=1S/C75H124O6/c1-4-7-10-13-16-19-22-25-28-30-31-32-33-34-35-36-37-38-39-40-41-42-43-45-47-50-53-56-59-62-65-68-74(77)80-71-72(70-79-73(76)67-64-61-58-55-52-49-46-27-24-21-18-15-12-9-6-3)81-75(78)69-66-63-60-57-54-51-48-44-29-26-23-20-17-14-11-8-5-2/h7-8,10-11,16-21,25-29,31-32,46,48,51,57,60,72H,4-6,9,12-15,22-24,30,33-45,47,49-50,52-56,58-59,61-71H2,1-3H3/b10-7-,11-8-,19-16-,20-17-,21-18-,28-25-,29-26-,32-31-,46-27-,51-48-,60-57-. The van der Waals surface area contributed by atoms with Gasteiger partial charge in [0.2, 0.25) is 0 Å². The van der Waals surface area contributed by atoms with Gasteiger partial charge in [0.05, 0.1) is 0 Å². The number of esters is 3. The van der Waals surface area contributed by atoms with Crippen molar-refractivity contribution in [1.29, 1.82) is 0 Å². The Balaban J connectivity index is 4.30. The fourth-order valence-electron chi connectivity index (χ4n) is 9.15. The van der Waals surface area contributed by atoms with E-state index in [2.05, 4.69) is 154 Å². The van der Waals surface area contributed by atoms with E-state index in [0.717, 1.165) is 128 Å². The maximum absolute atomic E-state index is 12.9. The monoisotopic (exact) mass is 1120 g/mol. The highest BCUT2D eigenvalue weighted by atomic mass is 16.6. The molecule has 6 nitrogen and oxygen atoms in total. The first-order chi connectivity index (χ1) is 40.0. The number of carbonyl (C=O) groups is 3. The van der Waals surface area contributed by atoms with Crippen LogP contribution >= 0.6 is 0 Å². The van der Waals surface area contributed by atoms with Crippen LogP contribution < -0.4 is 0 Å². The van der Waals surface area contributed by atoms with E-state index in [-0.39, 0.29) is 37.5 Å². The van der Waals surface area contributed by atoms with Crippen molar-refractivity contribution < 1.29 is 28.6 Å². The summed E-state index contributed by atoms with van der Waals surface area (Å²) in [5.41, 5.74) is 0. The Morgan fingerprint density at radius 2 is 0.494 bits per heavy atom. The van der Waals surface area contributed by atoms with Gasteiger partial charge in [0.25, 0.3) is 0 Å². The van der Waals surface area contributed by atoms with Crippen molar-refractivity contribution in [2.45, 2.75) is 309 Å². The van der Waals surface area contributed by atoms with E-state index in [1.165, 1.54) is 128 Å². The lowest BCUT2D eigenvalue weighted by Gasteiger charge is -2.18. The molecule has 0 spiro atoms. The summed E-state index contributed by atoms with van der Waals surface area (Å²) in [5, 5.41) is 0. The van der Waals surface area contributed by atoms with Crippen molar-refractivity contribution >= 4 is 17.9 Å². The van der Waals surface area contributed by atoms with E-state index < -0.39 is 6.10 Å². The van der Waals surface area contributed by atoms with Crippen LogP contribution in [-0.4, -0.2) is 37.2 Å². The van der Waals surface area contributed by atoms with Gasteiger partial charge in [0.15, 0.2) is 6.10 Å². The van der Waals surface area contributed by atoms with E-state index in [1.54, 1.807) is 0 Å². The summed E-state index contributed by atoms with van der Waals surface area (Å²) in [6, 6.07) is 0. The van der Waals surface area contributed by atoms with Crippen molar-refractivity contribution in [3.63, 3.8) is 0 Å². The molecule has 0 fully saturated rings. The van der Waals surface area contributed by atoms with Gasteiger partial charge in [0, 0.05) is 19.3 Å². The second-order valence-corrected chi connectivity index (χ2v) is 22.0. The summed E-state index contributed by atoms with van der Waals surface area (Å²) in [4.78, 5) is 38.3. The molecule has 0 aromatic carbocycles. The Morgan fingerprint density at radius 3 is 0.790 bits per heavy atom. The lowest BCUT2D eigenvalue weighted by atomic mass is 10.0. The average molecular weight is 1120 g/mol. The van der Waals surface area contributed by atoms with Gasteiger partial charge in [0.1, 0.15) is 13.2 Å². The maximum atomic E-state index is 12.9. The smallest absolute Gasteiger partial charge is 0.306 e. The number of rotatable bonds is 60. The van der Waals surface area contributed by atoms with E-state index in [9.17, 15) is 14.4 Å². The molecule has 0 radical (unpaired) electrons. The number of hydrogen-bond donors (Lipinski definition) is 0. The van der Waals surface area contributed by atoms with Crippen LogP contribution in [-0.2, 0) is 28.6 Å². The van der Waals surface area contributed by atoms with Crippen LogP contribution in [0, 0.1) is 0 Å². The van der Waals surface area contributed by atoms with E-state index in [4.69, 9.17) is 14.2 Å². The summed E-state index contributed by atoms with van der Waals surface area (Å²) in [6.45, 7) is 6.35. The Morgan fingerprint density at radius 1 is 0.259 bits per heavy atom. The fourth-order valence-corrected chi connectivity index (χ4v) is 9.15. The van der Waals surface area contributed by atoms with E-state index in [0.29, 0.717) is 19.3 Å². The lowest BCUT2D eigenvalue weighted by molar-refractivity contribution is -0.167. The summed E-state index contributed by atoms with van der Waals surface area (Å²) < 4.78 is 16.9. The van der Waals surface area contributed by atoms with Crippen LogP contribution in [0.15, 0.2) is 134 Å². The summed E-state index contributed by atoms with van der Waals surface area (Å²) in [6.07, 6.45) is 96.3. The third-order valence-corrected chi connectivity index (χ3v) is 14.1. The van der Waals surface area contributed by atoms with Crippen LogP contribution in [0.2, 0.25) is 0 Å². The molecule has 0 heterocycles. The first kappa shape index (κ1) is 76.5. The van der Waals surface area contributed by atoms with Gasteiger partial charge in [-0.25, -0.2) is 0 Å². The minimum Gasteiger partial charge on any atom is -0.462 e. The first-order valence-corrected chi connectivity index (χ1v) is 33.7. The highest BCUT2D eigenvalue weighted by Crippen LogP contribution is 2.16. The van der Waals surface area contributed by atoms with Crippen LogP contribution in [0.5, 0.6) is 0 Å². The molecule has 6 heteroatoms. The summed E-state index contributed by atoms with van der Waals surface area (Å²) in [5.74, 6) is -0.973. The molecule has 0 N–H and O–H groups in total. The molecule has 1 unspecified atom stereocenters. The van der Waals surface area contributed by atoms with Gasteiger partial charge in [-0.05, 0) is 128 Å². The van der Waals surface area contributed by atoms with Crippen LogP contribution in [0.25, 0.3) is 0 Å². The Labute approximate surface area is 500 Å². The van der Waals surface area contributed by atoms with Crippen molar-refractivity contribution in [3.05, 3.63) is 134 Å². The predicted octanol–water partition coefficient (Wildman–Crippen LogP) is 23.3. The summed E-state index contributed by atoms with van der Waals surface area (Å²) in [7, 11) is 0. The van der Waals surface area contributed by atoms with Crippen molar-refractivity contribution in [3.8, 4) is 0 Å². The van der Waals surface area contributed by atoms with Gasteiger partial charge in [-0.1, -0.05) is 289 Å². The molecule has 0 aliphatic rings. The normalized spacial score (nSPS) is 13.0. The molecule has 460 valence electrons. The van der Waals surface area contributed by atoms with Gasteiger partial charge in [-0.15, -0.1) is 0 Å². The fraction of sp³-hybridized carbons (Fsp3) is 0.667. The van der Waals surface area contributed by atoms with Crippen LogP contribution in [0.4, 0.5) is 0 Å². The second-order valence-electron chi connectivity index (χ2n) is 22.0. The minimum absolute atomic E-state index is 0.106. The van der Waals surface area contributed by atoms with Gasteiger partial charge in [-0.2, -0.15) is 0 Å². The lowest BCUT2D eigenvalue weighted by Crippen LogP contribution is -2.30. The first-order valence-electron chi connectivity index (χ1n) is 33.7. The number of hydrogen-bond acceptors (Lipinski definition) is 6. The molecule has 0 amide bonds. The molecule has 0 aliphatic carbocycles. The minimum atomic E-state index is -0.818. The largest absolute Gasteiger partial charge is 0.462 e. The Hall–Kier alpha value is -4.45. The number of unbranched alkanes of at least 4 members (excludes halogenated alkanes) is 27. The molecular weight excluding hydrogens is 997 g/mol. The second kappa shape index (κ2) is 68.1. The quantitative estimate of drug-likeness (QED) is 0.0261. The SMILES string of the molecule is CC/C=C\C/C=C\C/C=C\C/C=C\C/C=C\CCCC(=O)OC(COC(=O)CCCCCCC/C=C\C/C=C\CCCCC)COC(=O)CCCCCCCCCCCCCCCCCCCC/C=C\C/C=C\C/C=C\C/C=C\CC. The van der Waals surface area contributed by atoms with E-state index >= 15 is 0 Å². The van der Waals surface area contributed by atoms with Crippen LogP contribution in [0.1, 0.15) is 303 Å². The van der Waals surface area contributed by atoms with Gasteiger partial charge >= 0.3 is 17.9 Å². The highest BCUT2D eigenvalue weighted by molar-refractivity contribution is 5.71. The van der Waals surface area contributed by atoms with Crippen molar-refractivity contribution in [2.75, 3.05) is 13.2 Å².